The van der Waals surface area contributed by atoms with Crippen molar-refractivity contribution < 1.29 is 19.2 Å². The molecule has 138 valence electrons. The molecule has 0 radical (unpaired) electrons. The van der Waals surface area contributed by atoms with Crippen LogP contribution in [-0.4, -0.2) is 25.1 Å². The molecule has 2 aromatic rings. The van der Waals surface area contributed by atoms with Gasteiger partial charge in [-0.3, -0.25) is 10.1 Å². The first kappa shape index (κ1) is 18.4. The van der Waals surface area contributed by atoms with E-state index < -0.39 is 5.97 Å². The zero-order valence-corrected chi connectivity index (χ0v) is 15.1. The number of ether oxygens (including phenoxy) is 2. The molecule has 0 saturated carbocycles. The zero-order chi connectivity index (χ0) is 19.4. The molecule has 0 heterocycles. The van der Waals surface area contributed by atoms with Crippen molar-refractivity contribution in [3.63, 3.8) is 0 Å². The van der Waals surface area contributed by atoms with E-state index in [1.807, 2.05) is 18.2 Å². The van der Waals surface area contributed by atoms with Crippen LogP contribution < -0.4 is 4.74 Å². The van der Waals surface area contributed by atoms with Gasteiger partial charge in [-0.1, -0.05) is 18.2 Å². The maximum Gasteiger partial charge on any atom is 0.330 e. The number of carbonyl (C=O) groups excluding carboxylic acids is 1. The summed E-state index contributed by atoms with van der Waals surface area (Å²) in [4.78, 5) is 22.7. The molecule has 2 aromatic carbocycles. The standard InChI is InChI=1S/C21H19NO5/c1-26-15-8-10-16-14(13-15)7-9-18(17(16)11-12-21(23)27-2)19-5-3-4-6-20(19)22(24)25/h3-6,8,10-13H,7,9H2,1-2H3/b12-11+. The van der Waals surface area contributed by atoms with Crippen molar-refractivity contribution in [2.45, 2.75) is 12.8 Å². The van der Waals surface area contributed by atoms with E-state index in [1.165, 1.54) is 19.3 Å². The molecule has 0 spiro atoms. The number of methoxy groups -OCH3 is 2. The van der Waals surface area contributed by atoms with E-state index in [9.17, 15) is 14.9 Å². The molecular weight excluding hydrogens is 346 g/mol. The van der Waals surface area contributed by atoms with Gasteiger partial charge in [0.2, 0.25) is 0 Å². The van der Waals surface area contributed by atoms with Gasteiger partial charge in [0, 0.05) is 12.1 Å². The average Bonchev–Trinajstić information content (AvgIpc) is 2.70. The van der Waals surface area contributed by atoms with Gasteiger partial charge in [-0.15, -0.1) is 0 Å². The summed E-state index contributed by atoms with van der Waals surface area (Å²) in [6.45, 7) is 0. The minimum Gasteiger partial charge on any atom is -0.497 e. The first-order chi connectivity index (χ1) is 13.0. The van der Waals surface area contributed by atoms with Gasteiger partial charge in [-0.05, 0) is 59.4 Å². The van der Waals surface area contributed by atoms with Crippen LogP contribution in [0.3, 0.4) is 0 Å². The number of hydrogen-bond acceptors (Lipinski definition) is 5. The summed E-state index contributed by atoms with van der Waals surface area (Å²) < 4.78 is 9.99. The van der Waals surface area contributed by atoms with Gasteiger partial charge in [0.15, 0.2) is 0 Å². The smallest absolute Gasteiger partial charge is 0.330 e. The number of aryl methyl sites for hydroxylation is 1. The van der Waals surface area contributed by atoms with Crippen molar-refractivity contribution >= 4 is 22.8 Å². The molecular formula is C21H19NO5. The fourth-order valence-corrected chi connectivity index (χ4v) is 3.30. The van der Waals surface area contributed by atoms with Gasteiger partial charge < -0.3 is 9.47 Å². The number of hydrogen-bond donors (Lipinski definition) is 0. The minimum absolute atomic E-state index is 0.0495. The summed E-state index contributed by atoms with van der Waals surface area (Å²) in [5, 5.41) is 11.5. The van der Waals surface area contributed by atoms with Crippen molar-refractivity contribution in [3.8, 4) is 5.75 Å². The Morgan fingerprint density at radius 1 is 1.11 bits per heavy atom. The monoisotopic (exact) mass is 365 g/mol. The number of benzene rings is 2. The summed E-state index contributed by atoms with van der Waals surface area (Å²) in [5.41, 5.74) is 4.22. The van der Waals surface area contributed by atoms with Crippen LogP contribution in [0.2, 0.25) is 0 Å². The Labute approximate surface area is 156 Å². The lowest BCUT2D eigenvalue weighted by molar-refractivity contribution is -0.385. The Balaban J connectivity index is 2.23. The third-order valence-electron chi connectivity index (χ3n) is 4.59. The number of rotatable bonds is 5. The van der Waals surface area contributed by atoms with Crippen LogP contribution in [0.1, 0.15) is 23.1 Å². The molecule has 0 N–H and O–H groups in total. The number of nitro groups is 1. The Kier molecular flexibility index (Phi) is 5.35. The van der Waals surface area contributed by atoms with Crippen LogP contribution in [0.5, 0.6) is 5.75 Å². The number of para-hydroxylation sites is 1. The fraction of sp³-hybridized carbons (Fsp3) is 0.190. The van der Waals surface area contributed by atoms with Gasteiger partial charge in [0.25, 0.3) is 5.69 Å². The van der Waals surface area contributed by atoms with Gasteiger partial charge >= 0.3 is 5.97 Å². The molecule has 0 aliphatic heterocycles. The van der Waals surface area contributed by atoms with Crippen molar-refractivity contribution in [3.05, 3.63) is 81.4 Å². The fourth-order valence-electron chi connectivity index (χ4n) is 3.30. The molecule has 0 aromatic heterocycles. The van der Waals surface area contributed by atoms with Crippen molar-refractivity contribution in [2.75, 3.05) is 14.2 Å². The Morgan fingerprint density at radius 2 is 1.89 bits per heavy atom. The first-order valence-corrected chi connectivity index (χ1v) is 8.45. The molecule has 0 bridgehead atoms. The van der Waals surface area contributed by atoms with Crippen LogP contribution >= 0.6 is 0 Å². The summed E-state index contributed by atoms with van der Waals surface area (Å²) in [6.07, 6.45) is 4.35. The average molecular weight is 365 g/mol. The number of carbonyl (C=O) groups is 1. The van der Waals surface area contributed by atoms with Crippen LogP contribution in [0.4, 0.5) is 5.69 Å². The van der Waals surface area contributed by atoms with E-state index in [4.69, 9.17) is 9.47 Å². The second-order valence-electron chi connectivity index (χ2n) is 6.05. The molecule has 0 amide bonds. The van der Waals surface area contributed by atoms with E-state index in [2.05, 4.69) is 0 Å². The molecule has 0 fully saturated rings. The van der Waals surface area contributed by atoms with Gasteiger partial charge in [-0.25, -0.2) is 4.79 Å². The molecule has 3 rings (SSSR count). The van der Waals surface area contributed by atoms with Crippen LogP contribution in [0.25, 0.3) is 11.1 Å². The first-order valence-electron chi connectivity index (χ1n) is 8.45. The minimum atomic E-state index is -0.481. The summed E-state index contributed by atoms with van der Waals surface area (Å²) in [5.74, 6) is 0.268. The Hall–Kier alpha value is -3.41. The third kappa shape index (κ3) is 3.74. The van der Waals surface area contributed by atoms with Gasteiger partial charge in [0.05, 0.1) is 24.7 Å². The lowest BCUT2D eigenvalue weighted by Gasteiger charge is -2.22. The quantitative estimate of drug-likeness (QED) is 0.344. The Bertz CT molecular complexity index is 959. The predicted molar refractivity (Wildman–Crippen MR) is 102 cm³/mol. The molecule has 1 aliphatic rings. The maximum absolute atomic E-state index is 11.6. The third-order valence-corrected chi connectivity index (χ3v) is 4.59. The van der Waals surface area contributed by atoms with Crippen LogP contribution in [0.15, 0.2) is 54.6 Å². The SMILES string of the molecule is COC(=O)/C=C/C1=C(c2ccccc2[N+](=O)[O-])CCc2cc(OC)ccc21. The lowest BCUT2D eigenvalue weighted by Crippen LogP contribution is -2.06. The molecule has 6 nitrogen and oxygen atoms in total. The van der Waals surface area contributed by atoms with Crippen LogP contribution in [0, 0.1) is 10.1 Å². The van der Waals surface area contributed by atoms with Crippen molar-refractivity contribution in [2.24, 2.45) is 0 Å². The molecule has 6 heteroatoms. The van der Waals surface area contributed by atoms with E-state index in [-0.39, 0.29) is 10.6 Å². The normalized spacial score (nSPS) is 13.4. The highest BCUT2D eigenvalue weighted by Gasteiger charge is 2.24. The van der Waals surface area contributed by atoms with Gasteiger partial charge in [-0.2, -0.15) is 0 Å². The highest BCUT2D eigenvalue weighted by Crippen LogP contribution is 2.41. The summed E-state index contributed by atoms with van der Waals surface area (Å²) in [6, 6.07) is 12.4. The van der Waals surface area contributed by atoms with Crippen LogP contribution in [-0.2, 0) is 16.0 Å². The van der Waals surface area contributed by atoms with E-state index in [0.29, 0.717) is 12.0 Å². The second-order valence-corrected chi connectivity index (χ2v) is 6.05. The predicted octanol–water partition coefficient (Wildman–Crippen LogP) is 4.19. The maximum atomic E-state index is 11.6. The number of esters is 1. The molecule has 0 atom stereocenters. The van der Waals surface area contributed by atoms with Crippen molar-refractivity contribution in [1.29, 1.82) is 0 Å². The van der Waals surface area contributed by atoms with E-state index in [1.54, 1.807) is 31.4 Å². The zero-order valence-electron chi connectivity index (χ0n) is 15.1. The number of fused-ring (bicyclic) bond motifs is 1. The van der Waals surface area contributed by atoms with Gasteiger partial charge in [0.1, 0.15) is 5.75 Å². The summed E-state index contributed by atoms with van der Waals surface area (Å²) in [7, 11) is 2.92. The molecule has 1 aliphatic carbocycles. The number of nitrogens with zero attached hydrogens (tertiary/aromatic N) is 1. The van der Waals surface area contributed by atoms with Crippen molar-refractivity contribution in [1.82, 2.24) is 0 Å². The topological polar surface area (TPSA) is 78.7 Å². The molecule has 0 saturated heterocycles. The number of nitro benzene ring substituents is 1. The number of allylic oxidation sites excluding steroid dienone is 3. The summed E-state index contributed by atoms with van der Waals surface area (Å²) >= 11 is 0. The largest absolute Gasteiger partial charge is 0.497 e. The highest BCUT2D eigenvalue weighted by molar-refractivity contribution is 6.01. The van der Waals surface area contributed by atoms with E-state index in [0.717, 1.165) is 34.4 Å². The second kappa shape index (κ2) is 7.86. The lowest BCUT2D eigenvalue weighted by atomic mass is 9.82. The highest BCUT2D eigenvalue weighted by atomic mass is 16.6. The molecule has 0 unspecified atom stereocenters. The Morgan fingerprint density at radius 3 is 2.59 bits per heavy atom. The molecule has 27 heavy (non-hydrogen) atoms. The van der Waals surface area contributed by atoms with E-state index >= 15 is 0 Å².